The summed E-state index contributed by atoms with van der Waals surface area (Å²) in [5.41, 5.74) is 6.74. The first-order chi connectivity index (χ1) is 12.6. The first kappa shape index (κ1) is 18.2. The number of nitrogens with two attached hydrogens (primary N) is 1. The zero-order chi connectivity index (χ0) is 18.5. The average molecular weight is 361 g/mol. The summed E-state index contributed by atoms with van der Waals surface area (Å²) in [7, 11) is 3.11. The Morgan fingerprint density at radius 1 is 1.12 bits per heavy atom. The van der Waals surface area contributed by atoms with Crippen molar-refractivity contribution in [2.75, 3.05) is 24.9 Å². The number of nitrogens with zero attached hydrogens (tertiary/aromatic N) is 2. The van der Waals surface area contributed by atoms with Crippen molar-refractivity contribution < 1.29 is 13.9 Å². The first-order valence-electron chi connectivity index (χ1n) is 8.64. The summed E-state index contributed by atoms with van der Waals surface area (Å²) in [6.07, 6.45) is 5.31. The van der Waals surface area contributed by atoms with Crippen LogP contribution in [-0.4, -0.2) is 36.3 Å². The van der Waals surface area contributed by atoms with E-state index in [-0.39, 0.29) is 17.9 Å². The zero-order valence-electron chi connectivity index (χ0n) is 15.0. The maximum atomic E-state index is 14.2. The molecule has 1 aliphatic rings. The summed E-state index contributed by atoms with van der Waals surface area (Å²) in [6, 6.07) is 5.34. The van der Waals surface area contributed by atoms with E-state index >= 15 is 0 Å². The van der Waals surface area contributed by atoms with Gasteiger partial charge in [0, 0.05) is 36.0 Å². The van der Waals surface area contributed by atoms with Crippen LogP contribution in [0.3, 0.4) is 0 Å². The van der Waals surface area contributed by atoms with Gasteiger partial charge in [0.2, 0.25) is 5.95 Å². The molecule has 0 unspecified atom stereocenters. The molecule has 3 rings (SSSR count). The lowest BCUT2D eigenvalue weighted by Gasteiger charge is -2.29. The molecule has 1 aromatic heterocycles. The summed E-state index contributed by atoms with van der Waals surface area (Å²) < 4.78 is 24.6. The molecule has 0 amide bonds. The number of ether oxygens (including phenoxy) is 2. The van der Waals surface area contributed by atoms with Crippen LogP contribution in [0.5, 0.6) is 11.5 Å². The van der Waals surface area contributed by atoms with Gasteiger partial charge in [0.15, 0.2) is 11.6 Å². The smallest absolute Gasteiger partial charge is 0.225 e. The molecule has 2 aromatic rings. The van der Waals surface area contributed by atoms with Crippen LogP contribution in [0.4, 0.5) is 21.8 Å². The second-order valence-corrected chi connectivity index (χ2v) is 6.32. The molecule has 140 valence electrons. The van der Waals surface area contributed by atoms with E-state index in [2.05, 4.69) is 20.6 Å². The molecule has 1 fully saturated rings. The molecule has 8 heteroatoms. The van der Waals surface area contributed by atoms with E-state index < -0.39 is 5.82 Å². The number of aromatic nitrogens is 2. The molecule has 1 heterocycles. The Kier molecular flexibility index (Phi) is 5.72. The van der Waals surface area contributed by atoms with Gasteiger partial charge >= 0.3 is 0 Å². The van der Waals surface area contributed by atoms with Gasteiger partial charge in [0.05, 0.1) is 20.4 Å². The Balaban J connectivity index is 1.79. The van der Waals surface area contributed by atoms with Gasteiger partial charge in [-0.05, 0) is 12.8 Å². The van der Waals surface area contributed by atoms with Crippen molar-refractivity contribution in [3.05, 3.63) is 30.2 Å². The van der Waals surface area contributed by atoms with Crippen molar-refractivity contribution in [3.63, 3.8) is 0 Å². The number of hydrogen-bond donors (Lipinski definition) is 3. The van der Waals surface area contributed by atoms with Crippen LogP contribution in [-0.2, 0) is 0 Å². The molecular weight excluding hydrogens is 337 g/mol. The van der Waals surface area contributed by atoms with E-state index in [4.69, 9.17) is 15.2 Å². The largest absolute Gasteiger partial charge is 0.497 e. The molecule has 0 aliphatic heterocycles. The van der Waals surface area contributed by atoms with Crippen LogP contribution < -0.4 is 25.8 Å². The highest BCUT2D eigenvalue weighted by Gasteiger charge is 2.22. The van der Waals surface area contributed by atoms with Crippen LogP contribution >= 0.6 is 0 Å². The van der Waals surface area contributed by atoms with E-state index in [1.165, 1.54) is 0 Å². The second-order valence-electron chi connectivity index (χ2n) is 6.32. The van der Waals surface area contributed by atoms with Gasteiger partial charge in [0.25, 0.3) is 0 Å². The fraction of sp³-hybridized carbons (Fsp3) is 0.444. The number of methoxy groups -OCH3 is 2. The van der Waals surface area contributed by atoms with Gasteiger partial charge < -0.3 is 25.8 Å². The lowest BCUT2D eigenvalue weighted by molar-refractivity contribution is 0.395. The molecule has 7 nitrogen and oxygen atoms in total. The Bertz CT molecular complexity index is 736. The van der Waals surface area contributed by atoms with Crippen molar-refractivity contribution in [1.29, 1.82) is 0 Å². The van der Waals surface area contributed by atoms with Crippen molar-refractivity contribution in [2.45, 2.75) is 37.8 Å². The third-order valence-electron chi connectivity index (χ3n) is 4.49. The predicted octanol–water partition coefficient (Wildman–Crippen LogP) is 3.06. The Labute approximate surface area is 152 Å². The van der Waals surface area contributed by atoms with Crippen molar-refractivity contribution >= 4 is 17.5 Å². The summed E-state index contributed by atoms with van der Waals surface area (Å²) >= 11 is 0. The SMILES string of the molecule is COc1cc(Nc2nc(N[C@@H]3CCCC[C@H]3N)ncc2F)cc(OC)c1. The van der Waals surface area contributed by atoms with Crippen LogP contribution in [0.2, 0.25) is 0 Å². The Morgan fingerprint density at radius 3 is 2.46 bits per heavy atom. The maximum Gasteiger partial charge on any atom is 0.225 e. The minimum Gasteiger partial charge on any atom is -0.497 e. The van der Waals surface area contributed by atoms with Crippen molar-refractivity contribution in [1.82, 2.24) is 9.97 Å². The molecular formula is C18H24FN5O2. The normalized spacial score (nSPS) is 19.7. The molecule has 0 saturated heterocycles. The van der Waals surface area contributed by atoms with Crippen molar-refractivity contribution in [3.8, 4) is 11.5 Å². The number of rotatable bonds is 6. The van der Waals surface area contributed by atoms with Crippen LogP contribution in [0, 0.1) is 5.82 Å². The molecule has 0 bridgehead atoms. The second kappa shape index (κ2) is 8.18. The topological polar surface area (TPSA) is 94.3 Å². The summed E-state index contributed by atoms with van der Waals surface area (Å²) in [5, 5.41) is 6.18. The third kappa shape index (κ3) is 4.32. The van der Waals surface area contributed by atoms with E-state index in [0.29, 0.717) is 23.1 Å². The predicted molar refractivity (Wildman–Crippen MR) is 98.7 cm³/mol. The van der Waals surface area contributed by atoms with Gasteiger partial charge in [-0.2, -0.15) is 4.98 Å². The quantitative estimate of drug-likeness (QED) is 0.728. The standard InChI is InChI=1S/C18H24FN5O2/c1-25-12-7-11(8-13(9-12)26-2)22-17-14(19)10-21-18(24-17)23-16-6-4-3-5-15(16)20/h7-10,15-16H,3-6,20H2,1-2H3,(H2,21,22,23,24)/t15-,16-/m1/s1. The molecule has 1 aliphatic carbocycles. The van der Waals surface area contributed by atoms with E-state index in [0.717, 1.165) is 31.9 Å². The van der Waals surface area contributed by atoms with Crippen LogP contribution in [0.25, 0.3) is 0 Å². The molecule has 0 radical (unpaired) electrons. The maximum absolute atomic E-state index is 14.2. The number of nitrogens with one attached hydrogen (secondary N) is 2. The highest BCUT2D eigenvalue weighted by atomic mass is 19.1. The molecule has 1 aromatic carbocycles. The zero-order valence-corrected chi connectivity index (χ0v) is 15.0. The van der Waals surface area contributed by atoms with E-state index in [1.54, 1.807) is 32.4 Å². The highest BCUT2D eigenvalue weighted by Crippen LogP contribution is 2.28. The fourth-order valence-corrected chi connectivity index (χ4v) is 3.05. The van der Waals surface area contributed by atoms with Gasteiger partial charge in [-0.25, -0.2) is 9.37 Å². The molecule has 0 spiro atoms. The van der Waals surface area contributed by atoms with Crippen LogP contribution in [0.15, 0.2) is 24.4 Å². The fourth-order valence-electron chi connectivity index (χ4n) is 3.05. The minimum absolute atomic E-state index is 0.0523. The summed E-state index contributed by atoms with van der Waals surface area (Å²) in [5.74, 6) is 1.05. The Hall–Kier alpha value is -2.61. The molecule has 4 N–H and O–H groups in total. The average Bonchev–Trinajstić information content (AvgIpc) is 2.66. The molecule has 2 atom stereocenters. The summed E-state index contributed by atoms with van der Waals surface area (Å²) in [6.45, 7) is 0. The van der Waals surface area contributed by atoms with Gasteiger partial charge in [0.1, 0.15) is 11.5 Å². The number of benzene rings is 1. The first-order valence-corrected chi connectivity index (χ1v) is 8.64. The Morgan fingerprint density at radius 2 is 1.81 bits per heavy atom. The number of anilines is 3. The van der Waals surface area contributed by atoms with Crippen molar-refractivity contribution in [2.24, 2.45) is 5.73 Å². The van der Waals surface area contributed by atoms with Gasteiger partial charge in [-0.15, -0.1) is 0 Å². The van der Waals surface area contributed by atoms with Gasteiger partial charge in [-0.1, -0.05) is 12.8 Å². The minimum atomic E-state index is -0.551. The highest BCUT2D eigenvalue weighted by molar-refractivity contribution is 5.62. The monoisotopic (exact) mass is 361 g/mol. The number of hydrogen-bond acceptors (Lipinski definition) is 7. The lowest BCUT2D eigenvalue weighted by Crippen LogP contribution is -2.43. The van der Waals surface area contributed by atoms with Gasteiger partial charge in [-0.3, -0.25) is 0 Å². The van der Waals surface area contributed by atoms with E-state index in [1.807, 2.05) is 0 Å². The lowest BCUT2D eigenvalue weighted by atomic mass is 9.91. The third-order valence-corrected chi connectivity index (χ3v) is 4.49. The summed E-state index contributed by atoms with van der Waals surface area (Å²) in [4.78, 5) is 8.30. The van der Waals surface area contributed by atoms with E-state index in [9.17, 15) is 4.39 Å². The number of halogens is 1. The molecule has 1 saturated carbocycles. The van der Waals surface area contributed by atoms with Crippen LogP contribution in [0.1, 0.15) is 25.7 Å². The molecule has 26 heavy (non-hydrogen) atoms.